The molecule has 2 unspecified atom stereocenters. The third-order valence-electron chi connectivity index (χ3n) is 3.82. The average Bonchev–Trinajstić information content (AvgIpc) is 2.83. The number of rotatable bonds is 9. The largest absolute Gasteiger partial charge is 0.726 e. The first-order valence-electron chi connectivity index (χ1n) is 7.11. The van der Waals surface area contributed by atoms with Crippen LogP contribution in [0, 0.1) is 0 Å². The molecular weight excluding hydrogens is 388 g/mol. The van der Waals surface area contributed by atoms with E-state index in [0.29, 0.717) is 0 Å². The van der Waals surface area contributed by atoms with Gasteiger partial charge in [0.05, 0.1) is 6.61 Å². The maximum atomic E-state index is 10.8. The maximum absolute atomic E-state index is 10.8. The summed E-state index contributed by atoms with van der Waals surface area (Å²) in [4.78, 5) is 0. The van der Waals surface area contributed by atoms with Gasteiger partial charge in [-0.15, -0.1) is 0 Å². The Morgan fingerprint density at radius 2 is 1.76 bits per heavy atom. The normalized spacial score (nSPS) is 33.6. The van der Waals surface area contributed by atoms with Gasteiger partial charge in [0, 0.05) is 10.9 Å². The first-order chi connectivity index (χ1) is 11.4. The van der Waals surface area contributed by atoms with Crippen molar-refractivity contribution in [2.24, 2.45) is 0 Å². The fourth-order valence-electron chi connectivity index (χ4n) is 2.46. The van der Waals surface area contributed by atoms with Gasteiger partial charge in [0.1, 0.15) is 30.2 Å². The van der Waals surface area contributed by atoms with Crippen molar-refractivity contribution in [3.8, 4) is 0 Å². The molecule has 9 N–H and O–H groups in total. The van der Waals surface area contributed by atoms with Crippen LogP contribution in [0.25, 0.3) is 0 Å². The molecule has 0 aromatic carbocycles. The Labute approximate surface area is 146 Å². The van der Waals surface area contributed by atoms with Crippen molar-refractivity contribution < 1.29 is 58.0 Å². The Bertz CT molecular complexity index is 515. The molecule has 0 radical (unpaired) electrons. The Kier molecular flexibility index (Phi) is 8.45. The highest BCUT2D eigenvalue weighted by Crippen LogP contribution is 2.30. The highest BCUT2D eigenvalue weighted by Gasteiger charge is 2.56. The minimum atomic E-state index is -5.45. The van der Waals surface area contributed by atoms with Gasteiger partial charge in [-0.05, 0) is 0 Å². The molecule has 0 aromatic rings. The number of aliphatic hydroxyl groups is 7. The quantitative estimate of drug-likeness (QED) is 0.107. The van der Waals surface area contributed by atoms with Gasteiger partial charge in [-0.2, -0.15) is 0 Å². The fourth-order valence-corrected chi connectivity index (χ4v) is 5.60. The second-order valence-electron chi connectivity index (χ2n) is 5.53. The third-order valence-corrected chi connectivity index (χ3v) is 7.10. The van der Waals surface area contributed by atoms with Crippen LogP contribution in [0.2, 0.25) is 0 Å². The van der Waals surface area contributed by atoms with Crippen LogP contribution in [0.15, 0.2) is 0 Å². The van der Waals surface area contributed by atoms with Crippen molar-refractivity contribution in [3.05, 3.63) is 0 Å². The molecule has 0 aromatic heterocycles. The van der Waals surface area contributed by atoms with Gasteiger partial charge >= 0.3 is 0 Å². The molecular formula is C11H23O12S2+. The van der Waals surface area contributed by atoms with Crippen molar-refractivity contribution in [3.63, 3.8) is 0 Å². The van der Waals surface area contributed by atoms with Gasteiger partial charge in [0.2, 0.25) is 15.8 Å². The summed E-state index contributed by atoms with van der Waals surface area (Å²) in [6, 6.07) is 0. The molecule has 1 rings (SSSR count). The first-order valence-corrected chi connectivity index (χ1v) is 9.96. The first kappa shape index (κ1) is 22.9. The van der Waals surface area contributed by atoms with Crippen molar-refractivity contribution in [1.82, 2.24) is 0 Å². The standard InChI is InChI=1S/C11H22O12S2/c12-1-4(14)8(17)10(23-25(20,21)22)9(18)11(19)24-3-5(15)7(16)6(24)2-13/h4-19H,1-3H2/p+1/t4-,5+,6+,7-,8-,9-,10+,11?,24?/m1/s1. The van der Waals surface area contributed by atoms with Crippen LogP contribution in [0.4, 0.5) is 0 Å². The molecule has 0 saturated carbocycles. The lowest BCUT2D eigenvalue weighted by Crippen LogP contribution is -2.55. The van der Waals surface area contributed by atoms with Crippen LogP contribution in [0.1, 0.15) is 0 Å². The van der Waals surface area contributed by atoms with Crippen LogP contribution in [0.5, 0.6) is 0 Å². The van der Waals surface area contributed by atoms with Crippen LogP contribution >= 0.6 is 0 Å². The van der Waals surface area contributed by atoms with E-state index in [9.17, 15) is 48.7 Å². The van der Waals surface area contributed by atoms with E-state index in [1.54, 1.807) is 0 Å². The van der Waals surface area contributed by atoms with Crippen LogP contribution in [-0.4, -0.2) is 120 Å². The highest BCUT2D eigenvalue weighted by molar-refractivity contribution is 7.98. The summed E-state index contributed by atoms with van der Waals surface area (Å²) >= 11 is 0. The molecule has 12 nitrogen and oxygen atoms in total. The zero-order chi connectivity index (χ0) is 19.5. The van der Waals surface area contributed by atoms with E-state index < -0.39 is 81.8 Å². The predicted molar refractivity (Wildman–Crippen MR) is 82.2 cm³/mol. The summed E-state index contributed by atoms with van der Waals surface area (Å²) in [5.74, 6) is -0.238. The summed E-state index contributed by atoms with van der Waals surface area (Å²) in [5.41, 5.74) is -1.90. The van der Waals surface area contributed by atoms with E-state index in [1.807, 2.05) is 0 Å². The summed E-state index contributed by atoms with van der Waals surface area (Å²) in [6.07, 6.45) is -11.3. The van der Waals surface area contributed by atoms with Crippen LogP contribution in [-0.2, 0) is 25.5 Å². The summed E-state index contributed by atoms with van der Waals surface area (Å²) in [6.45, 7) is -1.47. The second kappa shape index (κ2) is 9.20. The van der Waals surface area contributed by atoms with E-state index in [-0.39, 0.29) is 5.75 Å². The molecule has 1 heterocycles. The van der Waals surface area contributed by atoms with Gasteiger partial charge in [0.25, 0.3) is 0 Å². The van der Waals surface area contributed by atoms with Gasteiger partial charge in [-0.3, -0.25) is 4.18 Å². The topological polar surface area (TPSA) is 231 Å². The molecule has 1 aliphatic rings. The Hall–Kier alpha value is -0.100. The Morgan fingerprint density at radius 1 is 1.20 bits per heavy atom. The van der Waals surface area contributed by atoms with Gasteiger partial charge in [-0.1, -0.05) is 0 Å². The lowest BCUT2D eigenvalue weighted by molar-refractivity contribution is -0.119. The SMILES string of the molecule is O=S(=O)([O-])O[C@@H]([C@H](O)[C@H](O)C[OH2+])[C@@H](O)C(O)[S+]1C[C@H](O)[C@@H](O)[C@@H]1CO. The second-order valence-corrected chi connectivity index (χ2v) is 8.90. The number of hydrogen-bond acceptors (Lipinski definition) is 11. The molecule has 14 heteroatoms. The molecule has 0 bridgehead atoms. The minimum Gasteiger partial charge on any atom is -0.726 e. The van der Waals surface area contributed by atoms with Crippen molar-refractivity contribution in [1.29, 1.82) is 0 Å². The minimum absolute atomic E-state index is 0.238. The highest BCUT2D eigenvalue weighted by atomic mass is 32.3. The average molecular weight is 411 g/mol. The van der Waals surface area contributed by atoms with E-state index in [2.05, 4.69) is 4.18 Å². The fraction of sp³-hybridized carbons (Fsp3) is 1.00. The van der Waals surface area contributed by atoms with Crippen molar-refractivity contribution in [2.45, 2.75) is 47.3 Å². The monoisotopic (exact) mass is 411 g/mol. The van der Waals surface area contributed by atoms with Crippen LogP contribution < -0.4 is 0 Å². The lowest BCUT2D eigenvalue weighted by atomic mass is 10.0. The number of hydrogen-bond donors (Lipinski definition) is 7. The van der Waals surface area contributed by atoms with Gasteiger partial charge < -0.3 is 45.4 Å². The van der Waals surface area contributed by atoms with E-state index in [4.69, 9.17) is 5.11 Å². The molecule has 1 fully saturated rings. The number of aliphatic hydroxyl groups excluding tert-OH is 7. The summed E-state index contributed by atoms with van der Waals surface area (Å²) < 4.78 is 36.4. The Morgan fingerprint density at radius 3 is 2.20 bits per heavy atom. The molecule has 1 saturated heterocycles. The zero-order valence-electron chi connectivity index (χ0n) is 12.8. The van der Waals surface area contributed by atoms with E-state index in [0.717, 1.165) is 0 Å². The van der Waals surface area contributed by atoms with E-state index >= 15 is 0 Å². The summed E-state index contributed by atoms with van der Waals surface area (Å²) in [7, 11) is -6.89. The van der Waals surface area contributed by atoms with E-state index in [1.165, 1.54) is 0 Å². The zero-order valence-corrected chi connectivity index (χ0v) is 14.5. The lowest BCUT2D eigenvalue weighted by Gasteiger charge is -2.31. The molecule has 0 amide bonds. The molecule has 9 atom stereocenters. The summed E-state index contributed by atoms with van der Waals surface area (Å²) in [5, 5.41) is 74.2. The van der Waals surface area contributed by atoms with Gasteiger partial charge in [0.15, 0.2) is 24.1 Å². The van der Waals surface area contributed by atoms with Crippen molar-refractivity contribution >= 4 is 21.3 Å². The molecule has 150 valence electrons. The Balaban J connectivity index is 3.04. The molecule has 25 heavy (non-hydrogen) atoms. The molecule has 0 spiro atoms. The maximum Gasteiger partial charge on any atom is 0.245 e. The van der Waals surface area contributed by atoms with Crippen molar-refractivity contribution in [2.75, 3.05) is 19.0 Å². The third kappa shape index (κ3) is 5.69. The molecule has 1 aliphatic heterocycles. The van der Waals surface area contributed by atoms with Gasteiger partial charge in [-0.25, -0.2) is 8.42 Å². The predicted octanol–water partition coefficient (Wildman–Crippen LogP) is -6.33. The van der Waals surface area contributed by atoms with Crippen LogP contribution in [0.3, 0.4) is 0 Å². The smallest absolute Gasteiger partial charge is 0.245 e. The molecule has 0 aliphatic carbocycles.